The Morgan fingerprint density at radius 2 is 2.05 bits per heavy atom. The van der Waals surface area contributed by atoms with Gasteiger partial charge in [-0.1, -0.05) is 25.9 Å². The van der Waals surface area contributed by atoms with E-state index in [2.05, 4.69) is 15.5 Å². The van der Waals surface area contributed by atoms with Crippen molar-refractivity contribution in [3.63, 3.8) is 0 Å². The highest BCUT2D eigenvalue weighted by atomic mass is 16.5. The summed E-state index contributed by atoms with van der Waals surface area (Å²) in [6.45, 7) is 7.74. The van der Waals surface area contributed by atoms with E-state index in [4.69, 9.17) is 9.63 Å². The van der Waals surface area contributed by atoms with Gasteiger partial charge in [0.1, 0.15) is 0 Å². The molecule has 0 bridgehead atoms. The van der Waals surface area contributed by atoms with Crippen molar-refractivity contribution in [2.45, 2.75) is 59.4 Å². The summed E-state index contributed by atoms with van der Waals surface area (Å²) in [5.41, 5.74) is -0.0585. The molecule has 0 spiro atoms. The quantitative estimate of drug-likeness (QED) is 0.793. The van der Waals surface area contributed by atoms with Gasteiger partial charge in [0, 0.05) is 18.9 Å². The van der Waals surface area contributed by atoms with Gasteiger partial charge >= 0.3 is 5.97 Å². The fraction of sp³-hybridized carbons (Fsp3) is 0.714. The first kappa shape index (κ1) is 17.1. The third-order valence-corrected chi connectivity index (χ3v) is 2.78. The molecule has 0 aliphatic rings. The Morgan fingerprint density at radius 1 is 1.38 bits per heavy atom. The smallest absolute Gasteiger partial charge is 0.305 e. The van der Waals surface area contributed by atoms with E-state index in [1.165, 1.54) is 0 Å². The number of hydrogen-bond donors (Lipinski definition) is 2. The fourth-order valence-corrected chi connectivity index (χ4v) is 2.09. The second kappa shape index (κ2) is 7.19. The van der Waals surface area contributed by atoms with E-state index in [9.17, 15) is 9.59 Å². The maximum absolute atomic E-state index is 11.9. The van der Waals surface area contributed by atoms with Crippen LogP contribution < -0.4 is 5.32 Å². The Bertz CT molecular complexity index is 491. The third-order valence-electron chi connectivity index (χ3n) is 2.78. The molecule has 1 atom stereocenters. The van der Waals surface area contributed by atoms with Crippen LogP contribution in [0.25, 0.3) is 0 Å². The van der Waals surface area contributed by atoms with E-state index >= 15 is 0 Å². The Morgan fingerprint density at radius 3 is 2.52 bits per heavy atom. The van der Waals surface area contributed by atoms with E-state index in [0.717, 1.165) is 0 Å². The predicted octanol–water partition coefficient (Wildman–Crippen LogP) is 1.71. The van der Waals surface area contributed by atoms with Crippen molar-refractivity contribution in [1.82, 2.24) is 15.5 Å². The maximum atomic E-state index is 11.9. The Hall–Kier alpha value is -1.92. The summed E-state index contributed by atoms with van der Waals surface area (Å²) < 4.78 is 4.93. The number of nitrogens with one attached hydrogen (secondary N) is 1. The van der Waals surface area contributed by atoms with Crippen molar-refractivity contribution in [1.29, 1.82) is 0 Å². The van der Waals surface area contributed by atoms with Crippen molar-refractivity contribution in [2.24, 2.45) is 5.41 Å². The minimum Gasteiger partial charge on any atom is -0.481 e. The molecule has 0 fully saturated rings. The predicted molar refractivity (Wildman–Crippen MR) is 75.6 cm³/mol. The number of carboxylic acids is 1. The van der Waals surface area contributed by atoms with Crippen molar-refractivity contribution in [3.05, 3.63) is 11.7 Å². The molecule has 7 heteroatoms. The lowest BCUT2D eigenvalue weighted by atomic mass is 9.87. The number of carboxylic acid groups (broad SMARTS) is 1. The number of carbonyl (C=O) groups is 2. The summed E-state index contributed by atoms with van der Waals surface area (Å²) in [5.74, 6) is -0.187. The molecule has 1 aromatic rings. The van der Waals surface area contributed by atoms with Gasteiger partial charge in [0.15, 0.2) is 5.82 Å². The molecule has 0 aromatic carbocycles. The summed E-state index contributed by atoms with van der Waals surface area (Å²) >= 11 is 0. The summed E-state index contributed by atoms with van der Waals surface area (Å²) in [6, 6.07) is -0.376. The lowest BCUT2D eigenvalue weighted by Gasteiger charge is -2.25. The first-order valence-electron chi connectivity index (χ1n) is 6.96. The average molecular weight is 297 g/mol. The van der Waals surface area contributed by atoms with Crippen LogP contribution >= 0.6 is 0 Å². The molecule has 1 heterocycles. The zero-order chi connectivity index (χ0) is 16.0. The number of hydrogen-bond acceptors (Lipinski definition) is 5. The van der Waals surface area contributed by atoms with Crippen LogP contribution in [-0.4, -0.2) is 33.2 Å². The molecule has 0 aliphatic carbocycles. The van der Waals surface area contributed by atoms with Crippen LogP contribution in [0.2, 0.25) is 0 Å². The van der Waals surface area contributed by atoms with E-state index < -0.39 is 5.97 Å². The van der Waals surface area contributed by atoms with Crippen molar-refractivity contribution < 1.29 is 19.2 Å². The van der Waals surface area contributed by atoms with E-state index in [1.807, 2.05) is 20.8 Å². The first-order chi connectivity index (χ1) is 9.65. The zero-order valence-corrected chi connectivity index (χ0v) is 13.0. The summed E-state index contributed by atoms with van der Waals surface area (Å²) in [4.78, 5) is 26.8. The lowest BCUT2D eigenvalue weighted by Crippen LogP contribution is -2.39. The first-order valence-corrected chi connectivity index (χ1v) is 6.96. The summed E-state index contributed by atoms with van der Waals surface area (Å²) in [7, 11) is 0. The molecule has 1 amide bonds. The van der Waals surface area contributed by atoms with Gasteiger partial charge < -0.3 is 14.9 Å². The molecule has 1 rings (SSSR count). The highest BCUT2D eigenvalue weighted by Gasteiger charge is 2.22. The minimum absolute atomic E-state index is 0.0585. The minimum atomic E-state index is -0.919. The van der Waals surface area contributed by atoms with E-state index in [-0.39, 0.29) is 30.2 Å². The highest BCUT2D eigenvalue weighted by molar-refractivity contribution is 5.77. The summed E-state index contributed by atoms with van der Waals surface area (Å²) in [5, 5.41) is 15.3. The molecule has 118 valence electrons. The fourth-order valence-electron chi connectivity index (χ4n) is 2.09. The SMILES string of the molecule is Cc1noc(CCC(=O)NC(CC(=O)O)CC(C)(C)C)n1. The Balaban J connectivity index is 2.49. The van der Waals surface area contributed by atoms with Gasteiger partial charge in [-0.15, -0.1) is 0 Å². The molecule has 0 saturated heterocycles. The Kier molecular flexibility index (Phi) is 5.87. The van der Waals surface area contributed by atoms with Gasteiger partial charge in [-0.3, -0.25) is 9.59 Å². The van der Waals surface area contributed by atoms with Gasteiger partial charge in [-0.05, 0) is 18.8 Å². The molecule has 2 N–H and O–H groups in total. The third kappa shape index (κ3) is 7.43. The molecule has 1 aromatic heterocycles. The number of nitrogens with zero attached hydrogens (tertiary/aromatic N) is 2. The van der Waals surface area contributed by atoms with Gasteiger partial charge in [0.05, 0.1) is 6.42 Å². The number of carbonyl (C=O) groups excluding carboxylic acids is 1. The van der Waals surface area contributed by atoms with Gasteiger partial charge in [-0.25, -0.2) is 0 Å². The molecular formula is C14H23N3O4. The van der Waals surface area contributed by atoms with E-state index in [1.54, 1.807) is 6.92 Å². The number of aromatic nitrogens is 2. The summed E-state index contributed by atoms with van der Waals surface area (Å²) in [6.07, 6.45) is 1.07. The monoisotopic (exact) mass is 297 g/mol. The zero-order valence-electron chi connectivity index (χ0n) is 13.0. The molecule has 7 nitrogen and oxygen atoms in total. The number of rotatable bonds is 7. The van der Waals surface area contributed by atoms with Crippen LogP contribution in [0, 0.1) is 12.3 Å². The largest absolute Gasteiger partial charge is 0.481 e. The van der Waals surface area contributed by atoms with Crippen LogP contribution in [-0.2, 0) is 16.0 Å². The number of amides is 1. The van der Waals surface area contributed by atoms with Crippen LogP contribution in [0.4, 0.5) is 0 Å². The molecular weight excluding hydrogens is 274 g/mol. The van der Waals surface area contributed by atoms with Gasteiger partial charge in [0.2, 0.25) is 11.8 Å². The topological polar surface area (TPSA) is 105 Å². The average Bonchev–Trinajstić information content (AvgIpc) is 2.69. The van der Waals surface area contributed by atoms with Crippen LogP contribution in [0.15, 0.2) is 4.52 Å². The van der Waals surface area contributed by atoms with E-state index in [0.29, 0.717) is 24.6 Å². The second-order valence-electron chi connectivity index (χ2n) is 6.36. The van der Waals surface area contributed by atoms with Crippen molar-refractivity contribution >= 4 is 11.9 Å². The van der Waals surface area contributed by atoms with Crippen molar-refractivity contribution in [2.75, 3.05) is 0 Å². The number of aryl methyl sites for hydroxylation is 2. The second-order valence-corrected chi connectivity index (χ2v) is 6.36. The number of aliphatic carboxylic acids is 1. The van der Waals surface area contributed by atoms with Gasteiger partial charge in [0.25, 0.3) is 0 Å². The lowest BCUT2D eigenvalue weighted by molar-refractivity contribution is -0.137. The van der Waals surface area contributed by atoms with Crippen LogP contribution in [0.1, 0.15) is 51.7 Å². The Labute approximate surface area is 124 Å². The molecule has 0 saturated carbocycles. The van der Waals surface area contributed by atoms with Crippen LogP contribution in [0.3, 0.4) is 0 Å². The normalized spacial score (nSPS) is 13.0. The molecule has 0 aliphatic heterocycles. The molecule has 0 radical (unpaired) electrons. The molecule has 21 heavy (non-hydrogen) atoms. The van der Waals surface area contributed by atoms with Crippen molar-refractivity contribution in [3.8, 4) is 0 Å². The standard InChI is InChI=1S/C14H23N3O4/c1-9-15-12(21-17-9)6-5-11(18)16-10(7-13(19)20)8-14(2,3)4/h10H,5-8H2,1-4H3,(H,16,18)(H,19,20). The highest BCUT2D eigenvalue weighted by Crippen LogP contribution is 2.22. The van der Waals surface area contributed by atoms with Crippen LogP contribution in [0.5, 0.6) is 0 Å². The maximum Gasteiger partial charge on any atom is 0.305 e. The molecule has 1 unspecified atom stereocenters. The van der Waals surface area contributed by atoms with Gasteiger partial charge in [-0.2, -0.15) is 4.98 Å².